The molecule has 70 heavy (non-hydrogen) atoms. The van der Waals surface area contributed by atoms with Crippen molar-refractivity contribution in [2.24, 2.45) is 17.8 Å². The molecule has 6 N–H and O–H groups in total. The second kappa shape index (κ2) is 21.0. The second-order valence-corrected chi connectivity index (χ2v) is 20.0. The molecule has 3 fully saturated rings. The summed E-state index contributed by atoms with van der Waals surface area (Å²) in [4.78, 5) is 92.1. The molecule has 1 unspecified atom stereocenters. The number of carbonyl (C=O) groups is 5. The van der Waals surface area contributed by atoms with Gasteiger partial charge in [-0.25, -0.2) is 24.4 Å². The van der Waals surface area contributed by atoms with E-state index in [4.69, 9.17) is 24.4 Å². The fourth-order valence-corrected chi connectivity index (χ4v) is 10.7. The molecule has 5 amide bonds. The fraction of sp³-hybridized carbons (Fsp3) is 0.529. The summed E-state index contributed by atoms with van der Waals surface area (Å²) < 4.78 is 9.66. The van der Waals surface area contributed by atoms with Crippen molar-refractivity contribution in [3.05, 3.63) is 83.2 Å². The number of rotatable bonds is 15. The lowest BCUT2D eigenvalue weighted by atomic mass is 10.0. The summed E-state index contributed by atoms with van der Waals surface area (Å²) >= 11 is 0. The minimum Gasteiger partial charge on any atom is -0.465 e. The van der Waals surface area contributed by atoms with Crippen molar-refractivity contribution < 1.29 is 38.6 Å². The van der Waals surface area contributed by atoms with E-state index >= 15 is 0 Å². The SMILES string of the molecule is COC(=O)N[C@H](C(=O)N1CCC[C@H]1c1nc2ccc([C@H]3CC[C@H](c4ccc5nc([C@@H]6CCCN6C(=O)[C@@H](NC(=O)OC)C(C)C)[nH]c5c4)N3c3ccc(C(CC(C)C)NC(=O)O)nc3)cc2[nH]1)C(C)C. The molecule has 0 aliphatic carbocycles. The summed E-state index contributed by atoms with van der Waals surface area (Å²) in [7, 11) is 2.57. The van der Waals surface area contributed by atoms with Gasteiger partial charge in [-0.3, -0.25) is 14.6 Å². The maximum Gasteiger partial charge on any atom is 0.407 e. The number of methoxy groups -OCH3 is 2. The number of likely N-dealkylation sites (tertiary alicyclic amines) is 2. The van der Waals surface area contributed by atoms with E-state index in [2.05, 4.69) is 68.9 Å². The molecule has 0 saturated carbocycles. The molecule has 19 nitrogen and oxygen atoms in total. The van der Waals surface area contributed by atoms with Gasteiger partial charge in [-0.05, 0) is 110 Å². The Hall–Kier alpha value is -6.92. The number of hydrogen-bond donors (Lipinski definition) is 6. The number of amides is 5. The number of fused-ring (bicyclic) bond motifs is 2. The quantitative estimate of drug-likeness (QED) is 0.0580. The molecule has 3 saturated heterocycles. The van der Waals surface area contributed by atoms with Crippen LogP contribution in [0.4, 0.5) is 20.1 Å². The van der Waals surface area contributed by atoms with Crippen LogP contribution in [0.1, 0.15) is 145 Å². The van der Waals surface area contributed by atoms with Gasteiger partial charge in [0.1, 0.15) is 23.7 Å². The number of nitrogens with zero attached hydrogens (tertiary/aromatic N) is 6. The summed E-state index contributed by atoms with van der Waals surface area (Å²) in [5, 5.41) is 17.8. The van der Waals surface area contributed by atoms with Gasteiger partial charge in [0.05, 0.1) is 84.1 Å². The van der Waals surface area contributed by atoms with Crippen molar-refractivity contribution in [2.45, 2.75) is 129 Å². The predicted octanol–water partition coefficient (Wildman–Crippen LogP) is 8.36. The van der Waals surface area contributed by atoms with Crippen LogP contribution in [0.3, 0.4) is 0 Å². The van der Waals surface area contributed by atoms with Crippen LogP contribution in [0.15, 0.2) is 54.7 Å². The highest BCUT2D eigenvalue weighted by atomic mass is 16.5. The molecule has 8 rings (SSSR count). The number of nitrogens with one attached hydrogen (secondary N) is 5. The summed E-state index contributed by atoms with van der Waals surface area (Å²) in [6.45, 7) is 12.8. The topological polar surface area (TPSA) is 240 Å². The number of benzene rings is 2. The Balaban J connectivity index is 1.11. The van der Waals surface area contributed by atoms with E-state index in [0.717, 1.165) is 77.4 Å². The number of H-pyrrole nitrogens is 2. The summed E-state index contributed by atoms with van der Waals surface area (Å²) in [5.74, 6) is 0.975. The summed E-state index contributed by atoms with van der Waals surface area (Å²) in [6, 6.07) is 13.8. The third kappa shape index (κ3) is 10.3. The minimum absolute atomic E-state index is 0.0863. The Morgan fingerprint density at radius 3 is 1.56 bits per heavy atom. The fourth-order valence-electron chi connectivity index (χ4n) is 10.7. The van der Waals surface area contributed by atoms with E-state index in [1.807, 2.05) is 68.0 Å². The molecule has 0 bridgehead atoms. The van der Waals surface area contributed by atoms with Gasteiger partial charge in [-0.15, -0.1) is 0 Å². The first-order valence-corrected chi connectivity index (χ1v) is 24.6. The minimum atomic E-state index is -1.10. The van der Waals surface area contributed by atoms with E-state index < -0.39 is 36.4 Å². The Labute approximate surface area is 407 Å². The number of imidazole rings is 2. The van der Waals surface area contributed by atoms with Gasteiger partial charge in [0.15, 0.2) is 0 Å². The number of aromatic nitrogens is 5. The zero-order chi connectivity index (χ0) is 50.0. The Morgan fingerprint density at radius 2 is 1.16 bits per heavy atom. The van der Waals surface area contributed by atoms with Crippen LogP contribution in [-0.4, -0.2) is 109 Å². The average molecular weight is 962 g/mol. The van der Waals surface area contributed by atoms with Gasteiger partial charge >= 0.3 is 18.3 Å². The zero-order valence-electron chi connectivity index (χ0n) is 41.3. The van der Waals surface area contributed by atoms with E-state index in [1.54, 1.807) is 0 Å². The number of ether oxygens (including phenoxy) is 2. The molecule has 3 aliphatic rings. The van der Waals surface area contributed by atoms with Gasteiger partial charge in [-0.2, -0.15) is 0 Å². The highest BCUT2D eigenvalue weighted by molar-refractivity contribution is 5.87. The second-order valence-electron chi connectivity index (χ2n) is 20.0. The number of carboxylic acid groups (broad SMARTS) is 1. The van der Waals surface area contributed by atoms with Crippen LogP contribution in [0.5, 0.6) is 0 Å². The lowest BCUT2D eigenvalue weighted by Crippen LogP contribution is -2.51. The predicted molar refractivity (Wildman–Crippen MR) is 263 cm³/mol. The molecule has 7 atom stereocenters. The molecule has 2 aromatic carbocycles. The van der Waals surface area contributed by atoms with Crippen molar-refractivity contribution >= 4 is 57.8 Å². The van der Waals surface area contributed by atoms with Crippen molar-refractivity contribution in [3.8, 4) is 0 Å². The van der Waals surface area contributed by atoms with E-state index in [1.165, 1.54) is 14.2 Å². The Morgan fingerprint density at radius 1 is 0.671 bits per heavy atom. The third-order valence-corrected chi connectivity index (χ3v) is 14.1. The van der Waals surface area contributed by atoms with Crippen LogP contribution < -0.4 is 20.9 Å². The van der Waals surface area contributed by atoms with Crippen LogP contribution in [0.25, 0.3) is 22.1 Å². The molecule has 5 aromatic rings. The maximum atomic E-state index is 13.9. The Bertz CT molecular complexity index is 2550. The molecular formula is C51H67N11O8. The van der Waals surface area contributed by atoms with Gasteiger partial charge < -0.3 is 55.2 Å². The number of hydrogen-bond acceptors (Lipinski definition) is 11. The molecule has 3 aliphatic heterocycles. The smallest absolute Gasteiger partial charge is 0.407 e. The van der Waals surface area contributed by atoms with Crippen LogP contribution in [-0.2, 0) is 19.1 Å². The zero-order valence-corrected chi connectivity index (χ0v) is 41.3. The largest absolute Gasteiger partial charge is 0.465 e. The van der Waals surface area contributed by atoms with Crippen molar-refractivity contribution in [1.82, 2.24) is 50.7 Å². The van der Waals surface area contributed by atoms with Gasteiger partial charge in [0.2, 0.25) is 11.8 Å². The highest BCUT2D eigenvalue weighted by Crippen LogP contribution is 2.48. The lowest BCUT2D eigenvalue weighted by molar-refractivity contribution is -0.136. The normalized spacial score (nSPS) is 20.6. The summed E-state index contributed by atoms with van der Waals surface area (Å²) in [5.41, 5.74) is 6.92. The number of aromatic amines is 2. The highest BCUT2D eigenvalue weighted by Gasteiger charge is 2.41. The van der Waals surface area contributed by atoms with Crippen molar-refractivity contribution in [1.29, 1.82) is 0 Å². The monoisotopic (exact) mass is 962 g/mol. The maximum absolute atomic E-state index is 13.9. The van der Waals surface area contributed by atoms with E-state index in [9.17, 15) is 29.1 Å². The molecular weight excluding hydrogens is 895 g/mol. The van der Waals surface area contributed by atoms with E-state index in [-0.39, 0.29) is 53.7 Å². The first-order valence-electron chi connectivity index (χ1n) is 24.6. The first-order chi connectivity index (χ1) is 33.5. The van der Waals surface area contributed by atoms with Gasteiger partial charge in [0, 0.05) is 13.1 Å². The summed E-state index contributed by atoms with van der Waals surface area (Å²) in [6.07, 6.45) is 4.73. The standard InChI is InChI=1S/C51H67N11O8/c1-27(2)23-36(57-49(65)66)33-18-15-32(26-52-33)62-39(30-13-16-34-37(24-30)55-45(53-34)41-11-9-21-60(41)47(63)43(28(3)4)58-50(67)69-7)19-20-40(62)31-14-17-35-38(25-31)56-46(54-35)42-12-10-22-61(42)48(64)44(29(5)6)59-51(68)70-8/h13-18,24-29,36,39-44,57H,9-12,19-23H2,1-8H3,(H,53,55)(H,54,56)(H,58,67)(H,59,68)(H,65,66)/t36?,39-,40-,41+,42+,43+,44+/m1/s1. The number of pyridine rings is 1. The number of alkyl carbamates (subject to hydrolysis) is 2. The molecule has 374 valence electrons. The van der Waals surface area contributed by atoms with Gasteiger partial charge in [0.25, 0.3) is 0 Å². The van der Waals surface area contributed by atoms with Crippen LogP contribution >= 0.6 is 0 Å². The van der Waals surface area contributed by atoms with Crippen LogP contribution in [0, 0.1) is 17.8 Å². The number of anilines is 1. The molecule has 19 heteroatoms. The lowest BCUT2D eigenvalue weighted by Gasteiger charge is -2.33. The van der Waals surface area contributed by atoms with Crippen molar-refractivity contribution in [2.75, 3.05) is 32.2 Å². The van der Waals surface area contributed by atoms with Crippen LogP contribution in [0.2, 0.25) is 0 Å². The third-order valence-electron chi connectivity index (χ3n) is 14.1. The molecule has 3 aromatic heterocycles. The molecule has 0 spiro atoms. The Kier molecular flexibility index (Phi) is 14.8. The first kappa shape index (κ1) is 49.5. The number of carbonyl (C=O) groups excluding carboxylic acids is 4. The molecule has 6 heterocycles. The van der Waals surface area contributed by atoms with E-state index in [0.29, 0.717) is 36.9 Å². The van der Waals surface area contributed by atoms with Gasteiger partial charge in [-0.1, -0.05) is 53.7 Å². The average Bonchev–Trinajstić information content (AvgIpc) is 4.19. The molecule has 0 radical (unpaired) electrons. The van der Waals surface area contributed by atoms with Crippen molar-refractivity contribution in [3.63, 3.8) is 0 Å².